The maximum absolute atomic E-state index is 6.38. The summed E-state index contributed by atoms with van der Waals surface area (Å²) in [6.07, 6.45) is 8.13. The van der Waals surface area contributed by atoms with Gasteiger partial charge in [-0.3, -0.25) is 4.98 Å². The van der Waals surface area contributed by atoms with E-state index in [9.17, 15) is 0 Å². The number of benzene rings is 1. The smallest absolute Gasteiger partial charge is 0.226 e. The first kappa shape index (κ1) is 18.2. The van der Waals surface area contributed by atoms with Crippen molar-refractivity contribution in [2.75, 3.05) is 6.61 Å². The van der Waals surface area contributed by atoms with Gasteiger partial charge in [-0.15, -0.1) is 11.3 Å². The normalized spacial score (nSPS) is 14.5. The van der Waals surface area contributed by atoms with Gasteiger partial charge in [0.2, 0.25) is 5.88 Å². The van der Waals surface area contributed by atoms with Crippen molar-refractivity contribution in [3.05, 3.63) is 70.9 Å². The van der Waals surface area contributed by atoms with E-state index in [1.54, 1.807) is 23.7 Å². The third-order valence-corrected chi connectivity index (χ3v) is 6.53. The number of hydrogen-bond acceptors (Lipinski definition) is 6. The summed E-state index contributed by atoms with van der Waals surface area (Å²) in [6.45, 7) is 0.372. The van der Waals surface area contributed by atoms with Crippen molar-refractivity contribution in [1.82, 2.24) is 15.0 Å². The second-order valence-corrected chi connectivity index (χ2v) is 8.39. The number of fused-ring (bicyclic) bond motifs is 3. The molecule has 1 atom stereocenters. The van der Waals surface area contributed by atoms with Crippen molar-refractivity contribution in [2.45, 2.75) is 31.7 Å². The fourth-order valence-electron chi connectivity index (χ4n) is 3.82. The lowest BCUT2D eigenvalue weighted by molar-refractivity contribution is 0.283. The van der Waals surface area contributed by atoms with Crippen LogP contribution in [0.4, 0.5) is 0 Å². The van der Waals surface area contributed by atoms with Gasteiger partial charge in [0, 0.05) is 22.8 Å². The molecule has 3 heterocycles. The van der Waals surface area contributed by atoms with Crippen molar-refractivity contribution in [2.24, 2.45) is 5.73 Å². The Hall–Kier alpha value is -2.83. The monoisotopic (exact) mass is 402 g/mol. The molecule has 5 rings (SSSR count). The van der Waals surface area contributed by atoms with Gasteiger partial charge in [0.25, 0.3) is 0 Å². The number of rotatable bonds is 5. The number of aryl methyl sites for hydroxylation is 2. The molecule has 0 bridgehead atoms. The van der Waals surface area contributed by atoms with E-state index in [4.69, 9.17) is 20.4 Å². The number of pyridine rings is 1. The highest BCUT2D eigenvalue weighted by atomic mass is 32.1. The topological polar surface area (TPSA) is 73.9 Å². The summed E-state index contributed by atoms with van der Waals surface area (Å²) in [4.78, 5) is 16.2. The Bertz CT molecular complexity index is 1130. The molecule has 1 aromatic carbocycles. The molecule has 29 heavy (non-hydrogen) atoms. The van der Waals surface area contributed by atoms with Crippen LogP contribution < -0.4 is 10.5 Å². The van der Waals surface area contributed by atoms with Crippen molar-refractivity contribution in [3.8, 4) is 17.3 Å². The van der Waals surface area contributed by atoms with Gasteiger partial charge in [-0.05, 0) is 48.9 Å². The fourth-order valence-corrected chi connectivity index (χ4v) is 5.08. The molecule has 146 valence electrons. The highest BCUT2D eigenvalue weighted by molar-refractivity contribution is 7.18. The maximum Gasteiger partial charge on any atom is 0.226 e. The first-order chi connectivity index (χ1) is 14.3. The lowest BCUT2D eigenvalue weighted by atomic mass is 9.97. The Morgan fingerprint density at radius 2 is 1.79 bits per heavy atom. The molecule has 0 fully saturated rings. The van der Waals surface area contributed by atoms with E-state index in [2.05, 4.69) is 4.98 Å². The first-order valence-electron chi connectivity index (χ1n) is 9.95. The predicted molar refractivity (Wildman–Crippen MR) is 116 cm³/mol. The molecule has 5 nitrogen and oxygen atoms in total. The van der Waals surface area contributed by atoms with Gasteiger partial charge < -0.3 is 10.5 Å². The largest absolute Gasteiger partial charge is 0.475 e. The Morgan fingerprint density at radius 1 is 1.00 bits per heavy atom. The van der Waals surface area contributed by atoms with E-state index < -0.39 is 0 Å². The Balaban J connectivity index is 1.55. The number of nitrogens with two attached hydrogens (primary N) is 1. The standard InChI is InChI=1S/C23H22N4OS/c24-18(15-6-2-1-3-7-15)14-28-22-20-17-8-4-5-9-19(17)29-23(20)27-21(26-22)16-10-12-25-13-11-16/h1-3,6-7,10-13,18H,4-5,8-9,14,24H2/t18-/m0/s1. The minimum atomic E-state index is -0.208. The quantitative estimate of drug-likeness (QED) is 0.523. The molecule has 2 N–H and O–H groups in total. The van der Waals surface area contributed by atoms with Crippen LogP contribution in [-0.4, -0.2) is 21.6 Å². The van der Waals surface area contributed by atoms with Crippen LogP contribution in [0.5, 0.6) is 5.88 Å². The van der Waals surface area contributed by atoms with Crippen molar-refractivity contribution in [3.63, 3.8) is 0 Å². The first-order valence-corrected chi connectivity index (χ1v) is 10.8. The highest BCUT2D eigenvalue weighted by Gasteiger charge is 2.23. The van der Waals surface area contributed by atoms with E-state index in [-0.39, 0.29) is 6.04 Å². The average molecular weight is 403 g/mol. The van der Waals surface area contributed by atoms with Crippen molar-refractivity contribution in [1.29, 1.82) is 0 Å². The highest BCUT2D eigenvalue weighted by Crippen LogP contribution is 2.40. The lowest BCUT2D eigenvalue weighted by Gasteiger charge is -2.16. The lowest BCUT2D eigenvalue weighted by Crippen LogP contribution is -2.19. The molecular formula is C23H22N4OS. The summed E-state index contributed by atoms with van der Waals surface area (Å²) in [5.41, 5.74) is 9.73. The van der Waals surface area contributed by atoms with Crippen molar-refractivity contribution < 1.29 is 4.74 Å². The third-order valence-electron chi connectivity index (χ3n) is 5.35. The van der Waals surface area contributed by atoms with E-state index in [0.717, 1.165) is 34.2 Å². The summed E-state index contributed by atoms with van der Waals surface area (Å²) < 4.78 is 6.24. The molecule has 0 saturated heterocycles. The Labute approximate surface area is 173 Å². The molecule has 0 aliphatic heterocycles. The van der Waals surface area contributed by atoms with Gasteiger partial charge in [0.15, 0.2) is 5.82 Å². The number of thiophene rings is 1. The number of nitrogens with zero attached hydrogens (tertiary/aromatic N) is 3. The van der Waals surface area contributed by atoms with Crippen LogP contribution in [0.15, 0.2) is 54.9 Å². The van der Waals surface area contributed by atoms with Gasteiger partial charge in [-0.2, -0.15) is 4.98 Å². The number of hydrogen-bond donors (Lipinski definition) is 1. The van der Waals surface area contributed by atoms with Crippen LogP contribution in [0, 0.1) is 0 Å². The molecular weight excluding hydrogens is 380 g/mol. The maximum atomic E-state index is 6.38. The van der Waals surface area contributed by atoms with Gasteiger partial charge >= 0.3 is 0 Å². The minimum Gasteiger partial charge on any atom is -0.475 e. The van der Waals surface area contributed by atoms with E-state index in [1.165, 1.54) is 23.3 Å². The van der Waals surface area contributed by atoms with Gasteiger partial charge in [-0.25, -0.2) is 4.98 Å². The zero-order chi connectivity index (χ0) is 19.6. The van der Waals surface area contributed by atoms with E-state index in [0.29, 0.717) is 18.3 Å². The number of aromatic nitrogens is 3. The van der Waals surface area contributed by atoms with Crippen LogP contribution in [0.25, 0.3) is 21.6 Å². The van der Waals surface area contributed by atoms with Crippen molar-refractivity contribution >= 4 is 21.6 Å². The summed E-state index contributed by atoms with van der Waals surface area (Å²) >= 11 is 1.78. The van der Waals surface area contributed by atoms with Crippen LogP contribution >= 0.6 is 11.3 Å². The average Bonchev–Trinajstić information content (AvgIpc) is 3.17. The zero-order valence-corrected chi connectivity index (χ0v) is 16.9. The van der Waals surface area contributed by atoms with Gasteiger partial charge in [0.05, 0.1) is 11.4 Å². The van der Waals surface area contributed by atoms with Crippen LogP contribution in [0.1, 0.15) is 34.9 Å². The minimum absolute atomic E-state index is 0.208. The molecule has 6 heteroatoms. The van der Waals surface area contributed by atoms with Crippen LogP contribution in [-0.2, 0) is 12.8 Å². The Kier molecular flexibility index (Phi) is 4.96. The number of ether oxygens (including phenoxy) is 1. The second-order valence-electron chi connectivity index (χ2n) is 7.31. The Morgan fingerprint density at radius 3 is 2.62 bits per heavy atom. The third kappa shape index (κ3) is 3.61. The van der Waals surface area contributed by atoms with Crippen LogP contribution in [0.3, 0.4) is 0 Å². The zero-order valence-electron chi connectivity index (χ0n) is 16.0. The fraction of sp³-hybridized carbons (Fsp3) is 0.261. The summed E-state index contributed by atoms with van der Waals surface area (Å²) in [5.74, 6) is 1.31. The summed E-state index contributed by atoms with van der Waals surface area (Å²) in [6, 6.07) is 13.7. The van der Waals surface area contributed by atoms with Gasteiger partial charge in [-0.1, -0.05) is 30.3 Å². The molecule has 4 aromatic rings. The SMILES string of the molecule is N[C@@H](COc1nc(-c2ccncc2)nc2sc3c(c12)CCCC3)c1ccccc1. The molecule has 0 spiro atoms. The van der Waals surface area contributed by atoms with E-state index in [1.807, 2.05) is 42.5 Å². The molecule has 1 aliphatic carbocycles. The molecule has 3 aromatic heterocycles. The summed E-state index contributed by atoms with van der Waals surface area (Å²) in [7, 11) is 0. The molecule has 0 amide bonds. The summed E-state index contributed by atoms with van der Waals surface area (Å²) in [5, 5.41) is 1.07. The molecule has 0 unspecified atom stereocenters. The van der Waals surface area contributed by atoms with Crippen LogP contribution in [0.2, 0.25) is 0 Å². The van der Waals surface area contributed by atoms with E-state index >= 15 is 0 Å². The molecule has 1 aliphatic rings. The van der Waals surface area contributed by atoms with Gasteiger partial charge in [0.1, 0.15) is 11.4 Å². The predicted octanol–water partition coefficient (Wildman–Crippen LogP) is 4.71. The second kappa shape index (κ2) is 7.89. The molecule has 0 saturated carbocycles. The molecule has 0 radical (unpaired) electrons.